The summed E-state index contributed by atoms with van der Waals surface area (Å²) in [4.78, 5) is 11.9. The first-order chi connectivity index (χ1) is 10.2. The lowest BCUT2D eigenvalue weighted by Crippen LogP contribution is -2.54. The predicted molar refractivity (Wildman–Crippen MR) is 88.2 cm³/mol. The van der Waals surface area contributed by atoms with E-state index in [-0.39, 0.29) is 0 Å². The number of guanidine groups is 1. The molecule has 6 nitrogen and oxygen atoms in total. The molecule has 2 rings (SSSR count). The molecule has 1 aliphatic carbocycles. The van der Waals surface area contributed by atoms with Gasteiger partial charge in [-0.25, -0.2) is 10.8 Å². The third kappa shape index (κ3) is 5.45. The van der Waals surface area contributed by atoms with E-state index >= 15 is 0 Å². The number of piperazine rings is 1. The van der Waals surface area contributed by atoms with Crippen LogP contribution < -0.4 is 11.3 Å². The van der Waals surface area contributed by atoms with Crippen LogP contribution >= 0.6 is 0 Å². The summed E-state index contributed by atoms with van der Waals surface area (Å²) in [6.45, 7) is 6.49. The number of nitrogens with one attached hydrogen (secondary N) is 1. The second kappa shape index (κ2) is 8.56. The standard InChI is InChI=1S/C15H32N6/c1-19(2)8-9-20-10-12-21(13-11-20)15(18-16)17-14-6-4-3-5-7-14/h14H,3-13,16H2,1-2H3,(H,17,18). The summed E-state index contributed by atoms with van der Waals surface area (Å²) < 4.78 is 0. The van der Waals surface area contributed by atoms with Gasteiger partial charge in [0.15, 0.2) is 0 Å². The minimum atomic E-state index is 0.469. The Labute approximate surface area is 129 Å². The first-order valence-corrected chi connectivity index (χ1v) is 8.35. The van der Waals surface area contributed by atoms with E-state index in [2.05, 4.69) is 34.2 Å². The zero-order chi connectivity index (χ0) is 15.1. The summed E-state index contributed by atoms with van der Waals surface area (Å²) >= 11 is 0. The van der Waals surface area contributed by atoms with E-state index in [9.17, 15) is 0 Å². The van der Waals surface area contributed by atoms with E-state index in [0.717, 1.165) is 45.2 Å². The van der Waals surface area contributed by atoms with Crippen LogP contribution in [-0.2, 0) is 0 Å². The molecule has 0 unspecified atom stereocenters. The highest BCUT2D eigenvalue weighted by Gasteiger charge is 2.21. The fourth-order valence-corrected chi connectivity index (χ4v) is 3.12. The molecule has 21 heavy (non-hydrogen) atoms. The number of hydrazine groups is 1. The second-order valence-corrected chi connectivity index (χ2v) is 6.52. The third-order valence-corrected chi connectivity index (χ3v) is 4.54. The zero-order valence-electron chi connectivity index (χ0n) is 13.7. The maximum absolute atomic E-state index is 5.71. The largest absolute Gasteiger partial charge is 0.339 e. The van der Waals surface area contributed by atoms with Crippen molar-refractivity contribution in [3.63, 3.8) is 0 Å². The van der Waals surface area contributed by atoms with Gasteiger partial charge in [-0.1, -0.05) is 19.3 Å². The first-order valence-electron chi connectivity index (χ1n) is 8.35. The molecule has 0 aromatic rings. The third-order valence-electron chi connectivity index (χ3n) is 4.54. The molecule has 1 aliphatic heterocycles. The van der Waals surface area contributed by atoms with Crippen molar-refractivity contribution in [2.75, 3.05) is 53.4 Å². The van der Waals surface area contributed by atoms with Gasteiger partial charge in [0.1, 0.15) is 0 Å². The Morgan fingerprint density at radius 2 is 1.81 bits per heavy atom. The van der Waals surface area contributed by atoms with Gasteiger partial charge in [0.25, 0.3) is 0 Å². The van der Waals surface area contributed by atoms with E-state index in [4.69, 9.17) is 10.8 Å². The lowest BCUT2D eigenvalue weighted by Gasteiger charge is -2.37. The van der Waals surface area contributed by atoms with Gasteiger partial charge in [-0.3, -0.25) is 10.3 Å². The number of likely N-dealkylation sites (N-methyl/N-ethyl adjacent to an activating group) is 1. The fraction of sp³-hybridized carbons (Fsp3) is 0.933. The van der Waals surface area contributed by atoms with Crippen molar-refractivity contribution in [3.8, 4) is 0 Å². The first kappa shape index (κ1) is 16.5. The van der Waals surface area contributed by atoms with Crippen molar-refractivity contribution in [2.24, 2.45) is 10.8 Å². The monoisotopic (exact) mass is 296 g/mol. The average molecular weight is 296 g/mol. The molecule has 0 aromatic carbocycles. The molecule has 1 saturated carbocycles. The lowest BCUT2D eigenvalue weighted by molar-refractivity contribution is 0.166. The molecular weight excluding hydrogens is 264 g/mol. The molecule has 1 saturated heterocycles. The van der Waals surface area contributed by atoms with E-state index in [1.165, 1.54) is 32.1 Å². The minimum Gasteiger partial charge on any atom is -0.339 e. The van der Waals surface area contributed by atoms with E-state index in [0.29, 0.717) is 6.04 Å². The van der Waals surface area contributed by atoms with Crippen LogP contribution in [0.5, 0.6) is 0 Å². The number of aliphatic imine (C=N–C) groups is 1. The van der Waals surface area contributed by atoms with Gasteiger partial charge in [0.2, 0.25) is 5.96 Å². The average Bonchev–Trinajstić information content (AvgIpc) is 2.52. The molecule has 0 spiro atoms. The van der Waals surface area contributed by atoms with Gasteiger partial charge in [0, 0.05) is 39.3 Å². The summed E-state index contributed by atoms with van der Waals surface area (Å²) in [5.41, 5.74) is 2.83. The Morgan fingerprint density at radius 1 is 1.14 bits per heavy atom. The molecule has 2 aliphatic rings. The van der Waals surface area contributed by atoms with Gasteiger partial charge in [-0.2, -0.15) is 0 Å². The summed E-state index contributed by atoms with van der Waals surface area (Å²) in [6.07, 6.45) is 6.42. The number of nitrogens with zero attached hydrogens (tertiary/aromatic N) is 4. The highest BCUT2D eigenvalue weighted by Crippen LogP contribution is 2.20. The van der Waals surface area contributed by atoms with Gasteiger partial charge in [0.05, 0.1) is 6.04 Å². The van der Waals surface area contributed by atoms with Crippen molar-refractivity contribution in [3.05, 3.63) is 0 Å². The molecular formula is C15H32N6. The quantitative estimate of drug-likeness (QED) is 0.339. The molecule has 2 fully saturated rings. The maximum Gasteiger partial charge on any atom is 0.208 e. The van der Waals surface area contributed by atoms with Crippen LogP contribution in [0.3, 0.4) is 0 Å². The normalized spacial score (nSPS) is 22.9. The van der Waals surface area contributed by atoms with E-state index < -0.39 is 0 Å². The van der Waals surface area contributed by atoms with Crippen molar-refractivity contribution in [2.45, 2.75) is 38.1 Å². The molecule has 0 aromatic heterocycles. The van der Waals surface area contributed by atoms with Crippen LogP contribution in [0.4, 0.5) is 0 Å². The predicted octanol–water partition coefficient (Wildman–Crippen LogP) is 0.318. The van der Waals surface area contributed by atoms with Crippen LogP contribution in [0.25, 0.3) is 0 Å². The maximum atomic E-state index is 5.71. The molecule has 6 heteroatoms. The van der Waals surface area contributed by atoms with Gasteiger partial charge >= 0.3 is 0 Å². The zero-order valence-corrected chi connectivity index (χ0v) is 13.7. The highest BCUT2D eigenvalue weighted by atomic mass is 15.4. The van der Waals surface area contributed by atoms with Gasteiger partial charge < -0.3 is 9.80 Å². The van der Waals surface area contributed by atoms with Crippen molar-refractivity contribution in [1.82, 2.24) is 20.1 Å². The number of hydrogen-bond acceptors (Lipinski definition) is 4. The molecule has 122 valence electrons. The van der Waals surface area contributed by atoms with Crippen LogP contribution in [-0.4, -0.2) is 80.1 Å². The Balaban J connectivity index is 1.79. The highest BCUT2D eigenvalue weighted by molar-refractivity contribution is 5.79. The molecule has 3 N–H and O–H groups in total. The Morgan fingerprint density at radius 3 is 2.38 bits per heavy atom. The van der Waals surface area contributed by atoms with Gasteiger partial charge in [-0.05, 0) is 26.9 Å². The van der Waals surface area contributed by atoms with Crippen molar-refractivity contribution < 1.29 is 0 Å². The van der Waals surface area contributed by atoms with Crippen molar-refractivity contribution >= 4 is 5.96 Å². The molecule has 0 atom stereocenters. The number of rotatable bonds is 4. The van der Waals surface area contributed by atoms with E-state index in [1.807, 2.05) is 0 Å². The second-order valence-electron chi connectivity index (χ2n) is 6.52. The summed E-state index contributed by atoms with van der Waals surface area (Å²) in [5.74, 6) is 6.61. The SMILES string of the molecule is CN(C)CCN1CCN(C(=NC2CCCCC2)NN)CC1. The summed E-state index contributed by atoms with van der Waals surface area (Å²) in [6, 6.07) is 0.469. The van der Waals surface area contributed by atoms with Crippen LogP contribution in [0, 0.1) is 0 Å². The Hall–Kier alpha value is -0.850. The molecule has 0 bridgehead atoms. The fourth-order valence-electron chi connectivity index (χ4n) is 3.12. The Bertz CT molecular complexity index is 316. The van der Waals surface area contributed by atoms with Crippen LogP contribution in [0.2, 0.25) is 0 Å². The van der Waals surface area contributed by atoms with E-state index in [1.54, 1.807) is 0 Å². The van der Waals surface area contributed by atoms with Gasteiger partial charge in [-0.15, -0.1) is 0 Å². The number of hydrogen-bond donors (Lipinski definition) is 2. The molecule has 1 heterocycles. The van der Waals surface area contributed by atoms with Crippen LogP contribution in [0.15, 0.2) is 4.99 Å². The number of nitrogens with two attached hydrogens (primary N) is 1. The lowest BCUT2D eigenvalue weighted by atomic mass is 9.96. The minimum absolute atomic E-state index is 0.469. The Kier molecular flexibility index (Phi) is 6.73. The smallest absolute Gasteiger partial charge is 0.208 e. The summed E-state index contributed by atoms with van der Waals surface area (Å²) in [7, 11) is 4.26. The molecule has 0 radical (unpaired) electrons. The topological polar surface area (TPSA) is 60.1 Å². The van der Waals surface area contributed by atoms with Crippen LogP contribution in [0.1, 0.15) is 32.1 Å². The molecule has 0 amide bonds. The van der Waals surface area contributed by atoms with Crippen molar-refractivity contribution in [1.29, 1.82) is 0 Å². The summed E-state index contributed by atoms with van der Waals surface area (Å²) in [5, 5.41) is 0.